The summed E-state index contributed by atoms with van der Waals surface area (Å²) in [5, 5.41) is 11.5. The van der Waals surface area contributed by atoms with E-state index in [-0.39, 0.29) is 5.91 Å². The standard InChI is InChI=1S/C15H13N3O/c1-10-5-11(2)7-14(6-10)18-15(19)12-3-4-13(8-16)17-9-12/h3-7,9H,1-2H3,(H,18,19). The smallest absolute Gasteiger partial charge is 0.257 e. The monoisotopic (exact) mass is 251 g/mol. The van der Waals surface area contributed by atoms with Crippen LogP contribution in [0.1, 0.15) is 27.2 Å². The zero-order chi connectivity index (χ0) is 13.8. The minimum Gasteiger partial charge on any atom is -0.322 e. The van der Waals surface area contributed by atoms with E-state index < -0.39 is 0 Å². The maximum absolute atomic E-state index is 12.0. The van der Waals surface area contributed by atoms with Crippen LogP contribution in [0.2, 0.25) is 0 Å². The zero-order valence-electron chi connectivity index (χ0n) is 10.8. The second kappa shape index (κ2) is 5.32. The van der Waals surface area contributed by atoms with Crippen LogP contribution < -0.4 is 5.32 Å². The highest BCUT2D eigenvalue weighted by atomic mass is 16.1. The molecule has 0 aliphatic rings. The van der Waals surface area contributed by atoms with Gasteiger partial charge in [0.25, 0.3) is 5.91 Å². The quantitative estimate of drug-likeness (QED) is 0.892. The maximum Gasteiger partial charge on any atom is 0.257 e. The number of rotatable bonds is 2. The number of carbonyl (C=O) groups is 1. The van der Waals surface area contributed by atoms with Crippen molar-refractivity contribution in [3.05, 3.63) is 58.9 Å². The lowest BCUT2D eigenvalue weighted by atomic mass is 10.1. The molecule has 94 valence electrons. The van der Waals surface area contributed by atoms with Gasteiger partial charge in [0.1, 0.15) is 11.8 Å². The van der Waals surface area contributed by atoms with Crippen LogP contribution in [-0.4, -0.2) is 10.9 Å². The van der Waals surface area contributed by atoms with Crippen LogP contribution in [0.5, 0.6) is 0 Å². The number of hydrogen-bond donors (Lipinski definition) is 1. The Kier molecular flexibility index (Phi) is 3.58. The molecule has 19 heavy (non-hydrogen) atoms. The first-order valence-electron chi connectivity index (χ1n) is 5.84. The molecule has 0 aliphatic heterocycles. The van der Waals surface area contributed by atoms with Crippen LogP contribution in [0.3, 0.4) is 0 Å². The van der Waals surface area contributed by atoms with Crippen molar-refractivity contribution < 1.29 is 4.79 Å². The molecule has 0 aliphatic carbocycles. The molecule has 1 N–H and O–H groups in total. The van der Waals surface area contributed by atoms with Gasteiger partial charge in [0.2, 0.25) is 0 Å². The van der Waals surface area contributed by atoms with E-state index in [0.29, 0.717) is 11.3 Å². The highest BCUT2D eigenvalue weighted by Crippen LogP contribution is 2.14. The van der Waals surface area contributed by atoms with Crippen molar-refractivity contribution in [3.8, 4) is 6.07 Å². The number of pyridine rings is 1. The van der Waals surface area contributed by atoms with Gasteiger partial charge in [-0.1, -0.05) is 6.07 Å². The van der Waals surface area contributed by atoms with Crippen molar-refractivity contribution in [3.63, 3.8) is 0 Å². The van der Waals surface area contributed by atoms with Crippen LogP contribution in [0.4, 0.5) is 5.69 Å². The highest BCUT2D eigenvalue weighted by molar-refractivity contribution is 6.04. The summed E-state index contributed by atoms with van der Waals surface area (Å²) in [7, 11) is 0. The van der Waals surface area contributed by atoms with Crippen molar-refractivity contribution in [2.75, 3.05) is 5.32 Å². The molecular formula is C15H13N3O. The number of aryl methyl sites for hydroxylation is 2. The lowest BCUT2D eigenvalue weighted by Crippen LogP contribution is -2.12. The molecule has 1 aromatic heterocycles. The van der Waals surface area contributed by atoms with Gasteiger partial charge in [0, 0.05) is 11.9 Å². The molecule has 0 saturated heterocycles. The normalized spacial score (nSPS) is 9.74. The Bertz CT molecular complexity index is 634. The van der Waals surface area contributed by atoms with Crippen molar-refractivity contribution >= 4 is 11.6 Å². The molecule has 0 atom stereocenters. The summed E-state index contributed by atoms with van der Waals surface area (Å²) in [4.78, 5) is 15.9. The zero-order valence-corrected chi connectivity index (χ0v) is 10.8. The maximum atomic E-state index is 12.0. The summed E-state index contributed by atoms with van der Waals surface area (Å²) in [6.45, 7) is 3.96. The second-order valence-corrected chi connectivity index (χ2v) is 4.37. The highest BCUT2D eigenvalue weighted by Gasteiger charge is 2.07. The number of carbonyl (C=O) groups excluding carboxylic acids is 1. The van der Waals surface area contributed by atoms with Gasteiger partial charge in [0.05, 0.1) is 5.56 Å². The molecule has 0 bridgehead atoms. The Hall–Kier alpha value is -2.67. The molecule has 2 rings (SSSR count). The van der Waals surface area contributed by atoms with Gasteiger partial charge < -0.3 is 5.32 Å². The van der Waals surface area contributed by atoms with Crippen LogP contribution in [0.25, 0.3) is 0 Å². The average molecular weight is 251 g/mol. The third-order valence-corrected chi connectivity index (χ3v) is 2.62. The number of hydrogen-bond acceptors (Lipinski definition) is 3. The summed E-state index contributed by atoms with van der Waals surface area (Å²) in [5.74, 6) is -0.234. The van der Waals surface area contributed by atoms with Gasteiger partial charge in [0.15, 0.2) is 0 Å². The number of nitrogens with one attached hydrogen (secondary N) is 1. The molecule has 0 fully saturated rings. The summed E-state index contributed by atoms with van der Waals surface area (Å²) < 4.78 is 0. The number of amides is 1. The van der Waals surface area contributed by atoms with E-state index in [1.807, 2.05) is 38.1 Å². The predicted molar refractivity (Wildman–Crippen MR) is 72.8 cm³/mol. The molecule has 1 aromatic carbocycles. The average Bonchev–Trinajstić information content (AvgIpc) is 2.37. The second-order valence-electron chi connectivity index (χ2n) is 4.37. The minimum absolute atomic E-state index is 0.234. The van der Waals surface area contributed by atoms with Crippen molar-refractivity contribution in [1.82, 2.24) is 4.98 Å². The van der Waals surface area contributed by atoms with E-state index in [4.69, 9.17) is 5.26 Å². The first-order chi connectivity index (χ1) is 9.08. The van der Waals surface area contributed by atoms with E-state index in [2.05, 4.69) is 10.3 Å². The number of anilines is 1. The molecule has 2 aromatic rings. The predicted octanol–water partition coefficient (Wildman–Crippen LogP) is 2.82. The van der Waals surface area contributed by atoms with Crippen LogP contribution >= 0.6 is 0 Å². The van der Waals surface area contributed by atoms with Gasteiger partial charge in [-0.3, -0.25) is 4.79 Å². The van der Waals surface area contributed by atoms with E-state index in [9.17, 15) is 4.79 Å². The molecule has 1 heterocycles. The summed E-state index contributed by atoms with van der Waals surface area (Å²) in [5.41, 5.74) is 3.66. The number of aromatic nitrogens is 1. The van der Waals surface area contributed by atoms with Crippen LogP contribution in [0, 0.1) is 25.2 Å². The fraction of sp³-hybridized carbons (Fsp3) is 0.133. The number of benzene rings is 1. The third-order valence-electron chi connectivity index (χ3n) is 2.62. The third kappa shape index (κ3) is 3.17. The lowest BCUT2D eigenvalue weighted by Gasteiger charge is -2.07. The Morgan fingerprint density at radius 2 is 1.89 bits per heavy atom. The fourth-order valence-electron chi connectivity index (χ4n) is 1.84. The molecule has 0 saturated carbocycles. The first-order valence-corrected chi connectivity index (χ1v) is 5.84. The molecular weight excluding hydrogens is 238 g/mol. The van der Waals surface area contributed by atoms with Crippen LogP contribution in [0.15, 0.2) is 36.5 Å². The summed E-state index contributed by atoms with van der Waals surface area (Å²) >= 11 is 0. The van der Waals surface area contributed by atoms with E-state index in [0.717, 1.165) is 16.8 Å². The Morgan fingerprint density at radius 3 is 2.42 bits per heavy atom. The van der Waals surface area contributed by atoms with E-state index in [1.165, 1.54) is 12.3 Å². The Balaban J connectivity index is 2.18. The molecule has 4 nitrogen and oxygen atoms in total. The summed E-state index contributed by atoms with van der Waals surface area (Å²) in [6, 6.07) is 10.9. The van der Waals surface area contributed by atoms with Gasteiger partial charge in [-0.05, 0) is 49.2 Å². The topological polar surface area (TPSA) is 65.8 Å². The molecule has 4 heteroatoms. The van der Waals surface area contributed by atoms with E-state index in [1.54, 1.807) is 6.07 Å². The number of nitrogens with zero attached hydrogens (tertiary/aromatic N) is 2. The largest absolute Gasteiger partial charge is 0.322 e. The van der Waals surface area contributed by atoms with Gasteiger partial charge in [-0.15, -0.1) is 0 Å². The van der Waals surface area contributed by atoms with E-state index >= 15 is 0 Å². The van der Waals surface area contributed by atoms with Gasteiger partial charge in [-0.25, -0.2) is 4.98 Å². The van der Waals surface area contributed by atoms with Crippen molar-refractivity contribution in [1.29, 1.82) is 5.26 Å². The molecule has 0 spiro atoms. The lowest BCUT2D eigenvalue weighted by molar-refractivity contribution is 0.102. The molecule has 1 amide bonds. The Morgan fingerprint density at radius 1 is 1.21 bits per heavy atom. The Labute approximate surface area is 111 Å². The van der Waals surface area contributed by atoms with Gasteiger partial charge in [-0.2, -0.15) is 5.26 Å². The van der Waals surface area contributed by atoms with Crippen molar-refractivity contribution in [2.45, 2.75) is 13.8 Å². The molecule has 0 unspecified atom stereocenters. The SMILES string of the molecule is Cc1cc(C)cc(NC(=O)c2ccc(C#N)nc2)c1. The first kappa shape index (κ1) is 12.8. The minimum atomic E-state index is -0.234. The van der Waals surface area contributed by atoms with Crippen LogP contribution in [-0.2, 0) is 0 Å². The van der Waals surface area contributed by atoms with Crippen molar-refractivity contribution in [2.24, 2.45) is 0 Å². The van der Waals surface area contributed by atoms with Gasteiger partial charge >= 0.3 is 0 Å². The summed E-state index contributed by atoms with van der Waals surface area (Å²) in [6.07, 6.45) is 1.40. The molecule has 0 radical (unpaired) electrons. The fourth-order valence-corrected chi connectivity index (χ4v) is 1.84. The number of nitriles is 1.